The molecule has 0 radical (unpaired) electrons. The van der Waals surface area contributed by atoms with E-state index in [1.54, 1.807) is 0 Å². The number of carbonyl (C=O) groups is 3. The number of imide groups is 1. The van der Waals surface area contributed by atoms with E-state index in [0.29, 0.717) is 31.7 Å². The van der Waals surface area contributed by atoms with Gasteiger partial charge in [0.05, 0.1) is 0 Å². The highest BCUT2D eigenvalue weighted by molar-refractivity contribution is 5.98. The first-order valence-corrected chi connectivity index (χ1v) is 8.48. The molecule has 1 saturated heterocycles. The normalized spacial score (nSPS) is 29.5. The van der Waals surface area contributed by atoms with Crippen LogP contribution in [-0.4, -0.2) is 29.0 Å². The van der Waals surface area contributed by atoms with Gasteiger partial charge in [-0.1, -0.05) is 26.8 Å². The molecule has 1 heterocycles. The summed E-state index contributed by atoms with van der Waals surface area (Å²) < 4.78 is 0. The molecule has 0 N–H and O–H groups in total. The van der Waals surface area contributed by atoms with Gasteiger partial charge in [-0.15, -0.1) is 0 Å². The van der Waals surface area contributed by atoms with Crippen molar-refractivity contribution in [3.63, 3.8) is 0 Å². The van der Waals surface area contributed by atoms with Gasteiger partial charge in [-0.3, -0.25) is 19.3 Å². The maximum Gasteiger partial charge on any atom is 0.229 e. The minimum absolute atomic E-state index is 0.0564. The van der Waals surface area contributed by atoms with Crippen LogP contribution in [0.25, 0.3) is 0 Å². The maximum absolute atomic E-state index is 12.2. The van der Waals surface area contributed by atoms with Crippen LogP contribution >= 0.6 is 0 Å². The van der Waals surface area contributed by atoms with Gasteiger partial charge in [0, 0.05) is 25.3 Å². The molecule has 0 spiro atoms. The number of amides is 2. The van der Waals surface area contributed by atoms with E-state index in [2.05, 4.69) is 6.92 Å². The summed E-state index contributed by atoms with van der Waals surface area (Å²) in [5.41, 5.74) is 0.905. The Morgan fingerprint density at radius 1 is 1.09 bits per heavy atom. The van der Waals surface area contributed by atoms with E-state index in [-0.39, 0.29) is 29.4 Å². The highest BCUT2D eigenvalue weighted by atomic mass is 16.2. The van der Waals surface area contributed by atoms with Crippen molar-refractivity contribution in [1.29, 1.82) is 0 Å². The Morgan fingerprint density at radius 3 is 2.32 bits per heavy atom. The Morgan fingerprint density at radius 2 is 1.73 bits per heavy atom. The lowest BCUT2D eigenvalue weighted by molar-refractivity contribution is -0.150. The van der Waals surface area contributed by atoms with Crippen LogP contribution in [0, 0.1) is 17.8 Å². The third-order valence-electron chi connectivity index (χ3n) is 4.76. The van der Waals surface area contributed by atoms with Crippen LogP contribution in [0.2, 0.25) is 0 Å². The van der Waals surface area contributed by atoms with Crippen molar-refractivity contribution in [2.24, 2.45) is 17.8 Å². The third-order valence-corrected chi connectivity index (χ3v) is 4.76. The number of Topliss-reactive ketones (excluding diaryl/α,β-unsaturated/α-hetero) is 1. The minimum Gasteiger partial charge on any atom is -0.294 e. The van der Waals surface area contributed by atoms with Gasteiger partial charge in [0.15, 0.2) is 5.78 Å². The highest BCUT2D eigenvalue weighted by Crippen LogP contribution is 2.31. The first-order chi connectivity index (χ1) is 10.4. The molecule has 2 aliphatic rings. The summed E-state index contributed by atoms with van der Waals surface area (Å²) in [5.74, 6) is 0.829. The smallest absolute Gasteiger partial charge is 0.229 e. The van der Waals surface area contributed by atoms with Crippen molar-refractivity contribution < 1.29 is 14.4 Å². The molecule has 0 bridgehead atoms. The van der Waals surface area contributed by atoms with Crippen molar-refractivity contribution in [3.05, 3.63) is 11.6 Å². The van der Waals surface area contributed by atoms with Gasteiger partial charge < -0.3 is 0 Å². The minimum atomic E-state index is -0.0572. The van der Waals surface area contributed by atoms with Crippen LogP contribution in [0.15, 0.2) is 11.6 Å². The largest absolute Gasteiger partial charge is 0.294 e. The molecular weight excluding hydrogens is 278 g/mol. The molecule has 4 nitrogen and oxygen atoms in total. The molecule has 122 valence electrons. The van der Waals surface area contributed by atoms with Gasteiger partial charge in [-0.05, 0) is 43.1 Å². The predicted octanol–water partition coefficient (Wildman–Crippen LogP) is 3.11. The third kappa shape index (κ3) is 3.84. The van der Waals surface area contributed by atoms with Gasteiger partial charge in [0.1, 0.15) is 0 Å². The number of hydrogen-bond acceptors (Lipinski definition) is 3. The van der Waals surface area contributed by atoms with Crippen molar-refractivity contribution in [2.75, 3.05) is 6.54 Å². The highest BCUT2D eigenvalue weighted by Gasteiger charge is 2.32. The zero-order chi connectivity index (χ0) is 16.3. The molecule has 1 aliphatic carbocycles. The fourth-order valence-electron chi connectivity index (χ4n) is 3.64. The van der Waals surface area contributed by atoms with Crippen molar-refractivity contribution in [3.8, 4) is 0 Å². The second kappa shape index (κ2) is 7.21. The summed E-state index contributed by atoms with van der Waals surface area (Å²) in [6.07, 6.45) is 6.11. The number of ketones is 1. The standard InChI is InChI=1S/C18H27NO3/c1-4-7-19-16(20)10-14(11-17(19)21)5-6-15-9-12(2)8-13(3)18(15)22/h6,12-14H,4-5,7-11H2,1-3H3/b15-6+/t12-,13+/m0/s1. The summed E-state index contributed by atoms with van der Waals surface area (Å²) in [5, 5.41) is 0. The number of nitrogens with zero attached hydrogens (tertiary/aromatic N) is 1. The van der Waals surface area contributed by atoms with Crippen LogP contribution in [-0.2, 0) is 14.4 Å². The first-order valence-electron chi connectivity index (χ1n) is 8.48. The average molecular weight is 305 g/mol. The maximum atomic E-state index is 12.2. The van der Waals surface area contributed by atoms with E-state index in [1.807, 2.05) is 19.9 Å². The molecule has 0 aromatic heterocycles. The summed E-state index contributed by atoms with van der Waals surface area (Å²) in [6, 6.07) is 0. The van der Waals surface area contributed by atoms with Gasteiger partial charge in [-0.25, -0.2) is 0 Å². The SMILES string of the molecule is CCCN1C(=O)CC(C/C=C2\C[C@@H](C)C[C@@H](C)C2=O)CC1=O. The second-order valence-electron chi connectivity index (χ2n) is 6.99. The Kier molecular flexibility index (Phi) is 5.54. The number of hydrogen-bond donors (Lipinski definition) is 0. The lowest BCUT2D eigenvalue weighted by Gasteiger charge is -2.30. The topological polar surface area (TPSA) is 54.5 Å². The zero-order valence-electron chi connectivity index (χ0n) is 13.9. The molecular formula is C18H27NO3. The molecule has 2 atom stereocenters. The lowest BCUT2D eigenvalue weighted by Crippen LogP contribution is -2.43. The Bertz CT molecular complexity index is 477. The Balaban J connectivity index is 1.97. The molecule has 2 amide bonds. The fraction of sp³-hybridized carbons (Fsp3) is 0.722. The van der Waals surface area contributed by atoms with E-state index in [4.69, 9.17) is 0 Å². The van der Waals surface area contributed by atoms with Gasteiger partial charge in [0.25, 0.3) is 0 Å². The number of likely N-dealkylation sites (tertiary alicyclic amines) is 1. The summed E-state index contributed by atoms with van der Waals surface area (Å²) in [7, 11) is 0. The molecule has 2 fully saturated rings. The van der Waals surface area contributed by atoms with Gasteiger partial charge >= 0.3 is 0 Å². The summed E-state index contributed by atoms with van der Waals surface area (Å²) in [6.45, 7) is 6.66. The van der Waals surface area contributed by atoms with E-state index >= 15 is 0 Å². The number of rotatable bonds is 4. The number of allylic oxidation sites excluding steroid dienone is 2. The first kappa shape index (κ1) is 16.9. The molecule has 22 heavy (non-hydrogen) atoms. The Hall–Kier alpha value is -1.45. The molecule has 0 aromatic rings. The van der Waals surface area contributed by atoms with E-state index in [0.717, 1.165) is 24.8 Å². The van der Waals surface area contributed by atoms with Crippen LogP contribution in [0.3, 0.4) is 0 Å². The fourth-order valence-corrected chi connectivity index (χ4v) is 3.64. The monoisotopic (exact) mass is 305 g/mol. The van der Waals surface area contributed by atoms with Crippen LogP contribution in [0.4, 0.5) is 0 Å². The lowest BCUT2D eigenvalue weighted by atomic mass is 9.78. The zero-order valence-corrected chi connectivity index (χ0v) is 13.9. The molecule has 0 unspecified atom stereocenters. The molecule has 0 aromatic carbocycles. The number of carbonyl (C=O) groups excluding carboxylic acids is 3. The molecule has 1 saturated carbocycles. The van der Waals surface area contributed by atoms with E-state index in [1.165, 1.54) is 4.90 Å². The summed E-state index contributed by atoms with van der Waals surface area (Å²) in [4.78, 5) is 37.7. The molecule has 2 rings (SSSR count). The van der Waals surface area contributed by atoms with Crippen LogP contribution in [0.1, 0.15) is 59.3 Å². The summed E-state index contributed by atoms with van der Waals surface area (Å²) >= 11 is 0. The van der Waals surface area contributed by atoms with E-state index in [9.17, 15) is 14.4 Å². The second-order valence-corrected chi connectivity index (χ2v) is 6.99. The van der Waals surface area contributed by atoms with Gasteiger partial charge in [0.2, 0.25) is 11.8 Å². The van der Waals surface area contributed by atoms with Crippen LogP contribution < -0.4 is 0 Å². The quantitative estimate of drug-likeness (QED) is 0.592. The predicted molar refractivity (Wildman–Crippen MR) is 85.0 cm³/mol. The van der Waals surface area contributed by atoms with Gasteiger partial charge in [-0.2, -0.15) is 0 Å². The number of piperidine rings is 1. The van der Waals surface area contributed by atoms with Crippen molar-refractivity contribution >= 4 is 17.6 Å². The van der Waals surface area contributed by atoms with Crippen molar-refractivity contribution in [2.45, 2.75) is 59.3 Å². The van der Waals surface area contributed by atoms with E-state index < -0.39 is 0 Å². The van der Waals surface area contributed by atoms with Crippen LogP contribution in [0.5, 0.6) is 0 Å². The average Bonchev–Trinajstić information content (AvgIpc) is 2.45. The van der Waals surface area contributed by atoms with Crippen molar-refractivity contribution in [1.82, 2.24) is 4.90 Å². The Labute approximate surface area is 132 Å². The molecule has 4 heteroatoms. The molecule has 1 aliphatic heterocycles.